The second-order valence-electron chi connectivity index (χ2n) is 4.49. The molecule has 2 atom stereocenters. The lowest BCUT2D eigenvalue weighted by molar-refractivity contribution is -0.123. The molecule has 68 valence electrons. The summed E-state index contributed by atoms with van der Waals surface area (Å²) in [5.74, 6) is 2.95. The number of carbonyl (C=O) groups excluding carboxylic acids is 1. The fourth-order valence-electron chi connectivity index (χ4n) is 2.53. The third-order valence-corrected chi connectivity index (χ3v) is 3.48. The molecule has 0 spiro atoms. The van der Waals surface area contributed by atoms with Gasteiger partial charge in [0.1, 0.15) is 5.78 Å². The van der Waals surface area contributed by atoms with Gasteiger partial charge in [0.05, 0.1) is 0 Å². The Bertz CT molecular complexity index is 175. The van der Waals surface area contributed by atoms with Crippen LogP contribution in [0.25, 0.3) is 0 Å². The van der Waals surface area contributed by atoms with Crippen molar-refractivity contribution in [2.75, 3.05) is 0 Å². The Morgan fingerprint density at radius 1 is 1.25 bits per heavy atom. The van der Waals surface area contributed by atoms with Crippen molar-refractivity contribution >= 4 is 5.78 Å². The topological polar surface area (TPSA) is 17.1 Å². The lowest BCUT2D eigenvalue weighted by Crippen LogP contribution is -2.12. The van der Waals surface area contributed by atoms with E-state index >= 15 is 0 Å². The Hall–Kier alpha value is -0.330. The number of carbonyl (C=O) groups is 1. The molecule has 0 aromatic rings. The van der Waals surface area contributed by atoms with E-state index in [1.807, 2.05) is 0 Å². The van der Waals surface area contributed by atoms with Crippen LogP contribution in [0, 0.1) is 17.8 Å². The highest BCUT2D eigenvalue weighted by Gasteiger charge is 2.47. The van der Waals surface area contributed by atoms with Gasteiger partial charge in [0.2, 0.25) is 0 Å². The highest BCUT2D eigenvalue weighted by molar-refractivity contribution is 5.81. The molecule has 0 aliphatic heterocycles. The number of unbranched alkanes of at least 4 members (excludes halogenated alkanes) is 1. The van der Waals surface area contributed by atoms with Gasteiger partial charge in [-0.25, -0.2) is 0 Å². The van der Waals surface area contributed by atoms with Crippen LogP contribution in [-0.4, -0.2) is 5.78 Å². The number of hydrogen-bond acceptors (Lipinski definition) is 1. The molecule has 0 radical (unpaired) electrons. The summed E-state index contributed by atoms with van der Waals surface area (Å²) < 4.78 is 0. The number of rotatable bonds is 4. The number of hydrogen-bond donors (Lipinski definition) is 0. The predicted molar refractivity (Wildman–Crippen MR) is 48.9 cm³/mol. The lowest BCUT2D eigenvalue weighted by atomic mass is 9.95. The zero-order valence-corrected chi connectivity index (χ0v) is 7.88. The summed E-state index contributed by atoms with van der Waals surface area (Å²) in [6.07, 6.45) is 6.99. The van der Waals surface area contributed by atoms with Gasteiger partial charge in [-0.1, -0.05) is 13.3 Å². The van der Waals surface area contributed by atoms with Crippen molar-refractivity contribution in [1.29, 1.82) is 0 Å². The minimum absolute atomic E-state index is 0.472. The fourth-order valence-corrected chi connectivity index (χ4v) is 2.53. The van der Waals surface area contributed by atoms with Gasteiger partial charge in [0, 0.05) is 12.3 Å². The molecule has 0 heterocycles. The zero-order chi connectivity index (χ0) is 8.55. The summed E-state index contributed by atoms with van der Waals surface area (Å²) in [5.41, 5.74) is 0. The lowest BCUT2D eigenvalue weighted by Gasteiger charge is -2.09. The number of ketones is 1. The molecule has 2 aliphatic carbocycles. The normalized spacial score (nSPS) is 37.9. The third kappa shape index (κ3) is 1.55. The molecule has 2 fully saturated rings. The van der Waals surface area contributed by atoms with Crippen molar-refractivity contribution in [3.8, 4) is 0 Å². The second-order valence-corrected chi connectivity index (χ2v) is 4.49. The van der Waals surface area contributed by atoms with Crippen LogP contribution in [0.4, 0.5) is 0 Å². The van der Waals surface area contributed by atoms with Crippen LogP contribution in [0.2, 0.25) is 0 Å². The van der Waals surface area contributed by atoms with E-state index in [1.165, 1.54) is 19.3 Å². The molecule has 0 N–H and O–H groups in total. The molecule has 1 nitrogen and oxygen atoms in total. The van der Waals surface area contributed by atoms with Crippen molar-refractivity contribution in [2.45, 2.75) is 45.4 Å². The van der Waals surface area contributed by atoms with Gasteiger partial charge < -0.3 is 0 Å². The average Bonchev–Trinajstić information content (AvgIpc) is 2.69. The fraction of sp³-hybridized carbons (Fsp3) is 0.909. The average molecular weight is 166 g/mol. The Morgan fingerprint density at radius 2 is 1.92 bits per heavy atom. The van der Waals surface area contributed by atoms with Gasteiger partial charge in [-0.05, 0) is 37.5 Å². The van der Waals surface area contributed by atoms with Gasteiger partial charge in [-0.15, -0.1) is 0 Å². The van der Waals surface area contributed by atoms with E-state index in [0.717, 1.165) is 31.1 Å². The Labute approximate surface area is 74.5 Å². The van der Waals surface area contributed by atoms with Gasteiger partial charge in [-0.2, -0.15) is 0 Å². The van der Waals surface area contributed by atoms with E-state index in [0.29, 0.717) is 11.7 Å². The van der Waals surface area contributed by atoms with Crippen LogP contribution in [-0.2, 0) is 4.79 Å². The van der Waals surface area contributed by atoms with E-state index in [-0.39, 0.29) is 0 Å². The SMILES string of the molecule is CCCCC(=O)C1CC2CC2C1. The molecule has 0 aromatic heterocycles. The molecule has 2 unspecified atom stereocenters. The van der Waals surface area contributed by atoms with Crippen molar-refractivity contribution in [3.63, 3.8) is 0 Å². The van der Waals surface area contributed by atoms with Crippen molar-refractivity contribution in [1.82, 2.24) is 0 Å². The van der Waals surface area contributed by atoms with E-state index in [4.69, 9.17) is 0 Å². The van der Waals surface area contributed by atoms with Crippen LogP contribution in [0.1, 0.15) is 45.4 Å². The van der Waals surface area contributed by atoms with Crippen LogP contribution in [0.5, 0.6) is 0 Å². The quantitative estimate of drug-likeness (QED) is 0.627. The molecule has 2 aliphatic rings. The van der Waals surface area contributed by atoms with Crippen LogP contribution in [0.15, 0.2) is 0 Å². The first-order chi connectivity index (χ1) is 5.81. The van der Waals surface area contributed by atoms with E-state index in [2.05, 4.69) is 6.92 Å². The largest absolute Gasteiger partial charge is 0.299 e. The Kier molecular flexibility index (Phi) is 2.20. The third-order valence-electron chi connectivity index (χ3n) is 3.48. The van der Waals surface area contributed by atoms with Crippen molar-refractivity contribution in [3.05, 3.63) is 0 Å². The summed E-state index contributed by atoms with van der Waals surface area (Å²) in [5, 5.41) is 0. The van der Waals surface area contributed by atoms with Gasteiger partial charge in [0.15, 0.2) is 0 Å². The van der Waals surface area contributed by atoms with Gasteiger partial charge >= 0.3 is 0 Å². The van der Waals surface area contributed by atoms with E-state index in [9.17, 15) is 4.79 Å². The first kappa shape index (κ1) is 8.28. The molecule has 1 heteroatoms. The zero-order valence-electron chi connectivity index (χ0n) is 7.88. The van der Waals surface area contributed by atoms with Gasteiger partial charge in [0.25, 0.3) is 0 Å². The molecule has 2 rings (SSSR count). The number of Topliss-reactive ketones (excluding diaryl/α,β-unsaturated/α-hetero) is 1. The maximum absolute atomic E-state index is 11.6. The van der Waals surface area contributed by atoms with Crippen molar-refractivity contribution in [2.24, 2.45) is 17.8 Å². The highest BCUT2D eigenvalue weighted by atomic mass is 16.1. The van der Waals surface area contributed by atoms with Crippen molar-refractivity contribution < 1.29 is 4.79 Å². The van der Waals surface area contributed by atoms with Gasteiger partial charge in [-0.3, -0.25) is 4.79 Å². The van der Waals surface area contributed by atoms with E-state index in [1.54, 1.807) is 0 Å². The van der Waals surface area contributed by atoms with E-state index < -0.39 is 0 Å². The summed E-state index contributed by atoms with van der Waals surface area (Å²) in [4.78, 5) is 11.6. The monoisotopic (exact) mass is 166 g/mol. The van der Waals surface area contributed by atoms with Crippen LogP contribution < -0.4 is 0 Å². The first-order valence-electron chi connectivity index (χ1n) is 5.34. The molecule has 0 saturated heterocycles. The van der Waals surface area contributed by atoms with Crippen LogP contribution in [0.3, 0.4) is 0 Å². The molecule has 0 bridgehead atoms. The molecule has 0 amide bonds. The summed E-state index contributed by atoms with van der Waals surface area (Å²) in [6, 6.07) is 0. The van der Waals surface area contributed by atoms with Crippen LogP contribution >= 0.6 is 0 Å². The molecule has 2 saturated carbocycles. The minimum atomic E-state index is 0.472. The molecule has 12 heavy (non-hydrogen) atoms. The predicted octanol–water partition coefficient (Wildman–Crippen LogP) is 2.79. The standard InChI is InChI=1S/C11H18O/c1-2-3-4-11(12)10-6-8-5-9(8)7-10/h8-10H,2-7H2,1H3. The Morgan fingerprint density at radius 3 is 2.50 bits per heavy atom. The molecular weight excluding hydrogens is 148 g/mol. The maximum Gasteiger partial charge on any atom is 0.135 e. The second kappa shape index (κ2) is 3.20. The minimum Gasteiger partial charge on any atom is -0.299 e. The number of fused-ring (bicyclic) bond motifs is 1. The first-order valence-corrected chi connectivity index (χ1v) is 5.34. The highest BCUT2D eigenvalue weighted by Crippen LogP contribution is 2.54. The molecule has 0 aromatic carbocycles. The summed E-state index contributed by atoms with van der Waals surface area (Å²) in [7, 11) is 0. The summed E-state index contributed by atoms with van der Waals surface area (Å²) in [6.45, 7) is 2.15. The summed E-state index contributed by atoms with van der Waals surface area (Å²) >= 11 is 0. The Balaban J connectivity index is 1.73. The molecular formula is C11H18O. The smallest absolute Gasteiger partial charge is 0.135 e. The maximum atomic E-state index is 11.6.